The molecule has 0 aromatic heterocycles. The van der Waals surface area contributed by atoms with Crippen molar-refractivity contribution in [3.8, 4) is 0 Å². The second-order valence-electron chi connectivity index (χ2n) is 3.04. The van der Waals surface area contributed by atoms with E-state index in [0.717, 1.165) is 11.3 Å². The van der Waals surface area contributed by atoms with Crippen LogP contribution in [0.4, 0.5) is 0 Å². The van der Waals surface area contributed by atoms with Crippen LogP contribution in [0.2, 0.25) is 0 Å². The molecule has 0 saturated heterocycles. The maximum absolute atomic E-state index is 7.50. The molecule has 0 aliphatic rings. The molecule has 0 bridgehead atoms. The Bertz CT molecular complexity index is 257. The summed E-state index contributed by atoms with van der Waals surface area (Å²) in [5.74, 6) is 0. The fourth-order valence-electron chi connectivity index (χ4n) is 0.938. The third kappa shape index (κ3) is 3.74. The molecule has 0 aromatic rings. The molecule has 0 rings (SSSR count). The van der Waals surface area contributed by atoms with Crippen molar-refractivity contribution in [2.45, 2.75) is 13.8 Å². The first-order chi connectivity index (χ1) is 6.02. The van der Waals surface area contributed by atoms with Crippen LogP contribution >= 0.6 is 0 Å². The lowest BCUT2D eigenvalue weighted by Crippen LogP contribution is -2.10. The van der Waals surface area contributed by atoms with Crippen molar-refractivity contribution in [2.24, 2.45) is 0 Å². The maximum Gasteiger partial charge on any atom is 0.0361 e. The number of nitrogens with zero attached hydrogens (tertiary/aromatic N) is 1. The van der Waals surface area contributed by atoms with Gasteiger partial charge < -0.3 is 10.3 Å². The summed E-state index contributed by atoms with van der Waals surface area (Å²) in [7, 11) is 3.92. The van der Waals surface area contributed by atoms with Crippen LogP contribution in [0.5, 0.6) is 0 Å². The summed E-state index contributed by atoms with van der Waals surface area (Å²) in [4.78, 5) is 1.97. The van der Waals surface area contributed by atoms with Gasteiger partial charge in [0.25, 0.3) is 0 Å². The van der Waals surface area contributed by atoms with Crippen LogP contribution in [0.25, 0.3) is 0 Å². The SMILES string of the molecule is C=C/C(=C\C(=C/C)C(C)=N)N(C)C. The van der Waals surface area contributed by atoms with E-state index in [0.29, 0.717) is 5.71 Å². The molecule has 0 atom stereocenters. The lowest BCUT2D eigenvalue weighted by atomic mass is 10.1. The van der Waals surface area contributed by atoms with E-state index >= 15 is 0 Å². The van der Waals surface area contributed by atoms with Gasteiger partial charge in [0.05, 0.1) is 0 Å². The first kappa shape index (κ1) is 11.7. The molecule has 13 heavy (non-hydrogen) atoms. The van der Waals surface area contributed by atoms with Crippen LogP contribution in [0, 0.1) is 5.41 Å². The Labute approximate surface area is 80.8 Å². The molecule has 0 fully saturated rings. The van der Waals surface area contributed by atoms with Gasteiger partial charge in [-0.15, -0.1) is 0 Å². The molecule has 0 unspecified atom stereocenters. The minimum absolute atomic E-state index is 0.573. The quantitative estimate of drug-likeness (QED) is 0.520. The number of nitrogens with one attached hydrogen (secondary N) is 1. The van der Waals surface area contributed by atoms with Gasteiger partial charge in [-0.1, -0.05) is 12.7 Å². The van der Waals surface area contributed by atoms with Gasteiger partial charge >= 0.3 is 0 Å². The molecule has 0 aliphatic heterocycles. The Kier molecular flexibility index (Phi) is 4.82. The highest BCUT2D eigenvalue weighted by Crippen LogP contribution is 2.07. The first-order valence-electron chi connectivity index (χ1n) is 4.26. The molecule has 0 spiro atoms. The largest absolute Gasteiger partial charge is 0.378 e. The molecule has 0 heterocycles. The molecule has 2 nitrogen and oxygen atoms in total. The summed E-state index contributed by atoms with van der Waals surface area (Å²) in [5.41, 5.74) is 2.52. The van der Waals surface area contributed by atoms with E-state index in [9.17, 15) is 0 Å². The van der Waals surface area contributed by atoms with Gasteiger partial charge in [-0.25, -0.2) is 0 Å². The lowest BCUT2D eigenvalue weighted by molar-refractivity contribution is 0.530. The second kappa shape index (κ2) is 5.36. The molecule has 0 radical (unpaired) electrons. The summed E-state index contributed by atoms with van der Waals surface area (Å²) in [6.07, 6.45) is 5.66. The van der Waals surface area contributed by atoms with Crippen molar-refractivity contribution in [2.75, 3.05) is 14.1 Å². The van der Waals surface area contributed by atoms with Crippen molar-refractivity contribution in [1.82, 2.24) is 4.90 Å². The van der Waals surface area contributed by atoms with Crippen LogP contribution in [0.3, 0.4) is 0 Å². The van der Waals surface area contributed by atoms with Gasteiger partial charge in [0.1, 0.15) is 0 Å². The van der Waals surface area contributed by atoms with E-state index in [1.165, 1.54) is 0 Å². The summed E-state index contributed by atoms with van der Waals surface area (Å²) < 4.78 is 0. The van der Waals surface area contributed by atoms with Crippen molar-refractivity contribution in [1.29, 1.82) is 5.41 Å². The number of hydrogen-bond donors (Lipinski definition) is 1. The van der Waals surface area contributed by atoms with E-state index in [4.69, 9.17) is 5.41 Å². The molecular weight excluding hydrogens is 160 g/mol. The van der Waals surface area contributed by atoms with E-state index in [2.05, 4.69) is 6.58 Å². The molecule has 72 valence electrons. The molecular formula is C11H18N2. The molecule has 0 aromatic carbocycles. The van der Waals surface area contributed by atoms with E-state index < -0.39 is 0 Å². The fraction of sp³-hybridized carbons (Fsp3) is 0.364. The molecule has 0 amide bonds. The highest BCUT2D eigenvalue weighted by Gasteiger charge is 1.98. The third-order valence-corrected chi connectivity index (χ3v) is 1.77. The smallest absolute Gasteiger partial charge is 0.0361 e. The summed E-state index contributed by atoms with van der Waals surface area (Å²) in [6.45, 7) is 7.43. The average Bonchev–Trinajstić information content (AvgIpc) is 2.05. The van der Waals surface area contributed by atoms with Gasteiger partial charge in [0.2, 0.25) is 0 Å². The van der Waals surface area contributed by atoms with Crippen LogP contribution in [-0.2, 0) is 0 Å². The van der Waals surface area contributed by atoms with E-state index in [1.807, 2.05) is 38.1 Å². The predicted octanol–water partition coefficient (Wildman–Crippen LogP) is 2.60. The van der Waals surface area contributed by atoms with Crippen LogP contribution in [0.15, 0.2) is 36.1 Å². The second-order valence-corrected chi connectivity index (χ2v) is 3.04. The predicted molar refractivity (Wildman–Crippen MR) is 59.1 cm³/mol. The molecule has 1 N–H and O–H groups in total. The Balaban J connectivity index is 4.87. The van der Waals surface area contributed by atoms with Crippen molar-refractivity contribution >= 4 is 5.71 Å². The molecule has 2 heteroatoms. The zero-order valence-electron chi connectivity index (χ0n) is 8.89. The van der Waals surface area contributed by atoms with Gasteiger partial charge in [-0.2, -0.15) is 0 Å². The lowest BCUT2D eigenvalue weighted by Gasteiger charge is -2.13. The minimum Gasteiger partial charge on any atom is -0.378 e. The Morgan fingerprint density at radius 2 is 1.92 bits per heavy atom. The normalized spacial score (nSPS) is 12.6. The highest BCUT2D eigenvalue weighted by atomic mass is 15.1. The first-order valence-corrected chi connectivity index (χ1v) is 4.26. The molecule has 0 saturated carbocycles. The number of likely N-dealkylation sites (N-methyl/N-ethyl adjacent to an activating group) is 1. The van der Waals surface area contributed by atoms with Gasteiger partial charge in [-0.3, -0.25) is 0 Å². The fourth-order valence-corrected chi connectivity index (χ4v) is 0.938. The third-order valence-electron chi connectivity index (χ3n) is 1.77. The van der Waals surface area contributed by atoms with Crippen molar-refractivity contribution in [3.63, 3.8) is 0 Å². The summed E-state index contributed by atoms with van der Waals surface area (Å²) >= 11 is 0. The van der Waals surface area contributed by atoms with E-state index in [1.54, 1.807) is 13.0 Å². The number of allylic oxidation sites excluding steroid dienone is 4. The average molecular weight is 178 g/mol. The van der Waals surface area contributed by atoms with E-state index in [-0.39, 0.29) is 0 Å². The minimum atomic E-state index is 0.573. The van der Waals surface area contributed by atoms with Crippen LogP contribution in [-0.4, -0.2) is 24.7 Å². The number of hydrogen-bond acceptors (Lipinski definition) is 2. The van der Waals surface area contributed by atoms with Crippen LogP contribution < -0.4 is 0 Å². The van der Waals surface area contributed by atoms with Gasteiger partial charge in [0, 0.05) is 25.5 Å². The summed E-state index contributed by atoms with van der Waals surface area (Å²) in [6, 6.07) is 0. The monoisotopic (exact) mass is 178 g/mol. The number of rotatable bonds is 4. The van der Waals surface area contributed by atoms with Gasteiger partial charge in [0.15, 0.2) is 0 Å². The molecule has 0 aliphatic carbocycles. The standard InChI is InChI=1S/C11H18N2/c1-6-10(9(3)12)8-11(7-2)13(4)5/h6-8,12H,2H2,1,3-5H3/b10-6+,11-8+,12-9?. The Morgan fingerprint density at radius 1 is 1.38 bits per heavy atom. The van der Waals surface area contributed by atoms with Crippen molar-refractivity contribution < 1.29 is 0 Å². The Morgan fingerprint density at radius 3 is 2.15 bits per heavy atom. The van der Waals surface area contributed by atoms with Gasteiger partial charge in [-0.05, 0) is 31.6 Å². The van der Waals surface area contributed by atoms with Crippen LogP contribution in [0.1, 0.15) is 13.8 Å². The van der Waals surface area contributed by atoms with Crippen molar-refractivity contribution in [3.05, 3.63) is 36.1 Å². The highest BCUT2D eigenvalue weighted by molar-refractivity contribution is 5.98. The maximum atomic E-state index is 7.50. The zero-order valence-corrected chi connectivity index (χ0v) is 8.89. The Hall–Kier alpha value is -1.31. The zero-order chi connectivity index (χ0) is 10.4. The topological polar surface area (TPSA) is 27.1 Å². The summed E-state index contributed by atoms with van der Waals surface area (Å²) in [5, 5.41) is 7.50.